The quantitative estimate of drug-likeness (QED) is 0.779. The van der Waals surface area contributed by atoms with E-state index in [4.69, 9.17) is 0 Å². The van der Waals surface area contributed by atoms with Gasteiger partial charge in [0.05, 0.1) is 11.4 Å². The zero-order chi connectivity index (χ0) is 18.0. The van der Waals surface area contributed by atoms with E-state index in [-0.39, 0.29) is 11.6 Å². The molecule has 0 spiro atoms. The SMILES string of the molecule is Cc1cccc(-n2nnc(C(=O)Nc3cccc(F)c3)c2C(C)C)c1. The molecule has 0 saturated carbocycles. The van der Waals surface area contributed by atoms with E-state index in [1.165, 1.54) is 18.2 Å². The number of hydrogen-bond donors (Lipinski definition) is 1. The van der Waals surface area contributed by atoms with Crippen LogP contribution < -0.4 is 5.32 Å². The van der Waals surface area contributed by atoms with Crippen LogP contribution in [0.1, 0.15) is 41.5 Å². The first-order valence-electron chi connectivity index (χ1n) is 8.05. The van der Waals surface area contributed by atoms with Gasteiger partial charge in [0.25, 0.3) is 5.91 Å². The standard InChI is InChI=1S/C19H19FN4O/c1-12(2)18-17(19(25)21-15-8-5-7-14(20)11-15)22-23-24(18)16-9-4-6-13(3)10-16/h4-12H,1-3H3,(H,21,25). The van der Waals surface area contributed by atoms with Gasteiger partial charge in [-0.05, 0) is 48.7 Å². The van der Waals surface area contributed by atoms with Crippen LogP contribution in [0.2, 0.25) is 0 Å². The van der Waals surface area contributed by atoms with Gasteiger partial charge in [-0.2, -0.15) is 0 Å². The van der Waals surface area contributed by atoms with Crippen molar-refractivity contribution in [3.8, 4) is 5.69 Å². The Morgan fingerprint density at radius 3 is 2.60 bits per heavy atom. The van der Waals surface area contributed by atoms with E-state index in [0.29, 0.717) is 11.4 Å². The first-order valence-corrected chi connectivity index (χ1v) is 8.05. The van der Waals surface area contributed by atoms with Crippen LogP contribution in [0.3, 0.4) is 0 Å². The van der Waals surface area contributed by atoms with Gasteiger partial charge in [-0.15, -0.1) is 5.10 Å². The van der Waals surface area contributed by atoms with Crippen LogP contribution in [0.4, 0.5) is 10.1 Å². The van der Waals surface area contributed by atoms with E-state index < -0.39 is 11.7 Å². The summed E-state index contributed by atoms with van der Waals surface area (Å²) in [7, 11) is 0. The third kappa shape index (κ3) is 3.57. The van der Waals surface area contributed by atoms with Crippen molar-refractivity contribution in [1.82, 2.24) is 15.0 Å². The van der Waals surface area contributed by atoms with Crippen molar-refractivity contribution in [2.45, 2.75) is 26.7 Å². The van der Waals surface area contributed by atoms with Crippen molar-refractivity contribution in [3.05, 3.63) is 71.3 Å². The first-order chi connectivity index (χ1) is 12.0. The molecule has 0 saturated heterocycles. The molecule has 5 nitrogen and oxygen atoms in total. The summed E-state index contributed by atoms with van der Waals surface area (Å²) < 4.78 is 15.0. The van der Waals surface area contributed by atoms with E-state index in [1.807, 2.05) is 45.0 Å². The molecule has 0 aliphatic carbocycles. The highest BCUT2D eigenvalue weighted by Gasteiger charge is 2.23. The highest BCUT2D eigenvalue weighted by molar-refractivity contribution is 6.03. The van der Waals surface area contributed by atoms with Gasteiger partial charge in [0, 0.05) is 5.69 Å². The van der Waals surface area contributed by atoms with Crippen LogP contribution in [0.25, 0.3) is 5.69 Å². The predicted octanol–water partition coefficient (Wildman–Crippen LogP) is 4.09. The summed E-state index contributed by atoms with van der Waals surface area (Å²) in [5, 5.41) is 10.9. The highest BCUT2D eigenvalue weighted by Crippen LogP contribution is 2.23. The number of hydrogen-bond acceptors (Lipinski definition) is 3. The maximum absolute atomic E-state index is 13.3. The summed E-state index contributed by atoms with van der Waals surface area (Å²) in [6.07, 6.45) is 0. The Hall–Kier alpha value is -3.02. The Kier molecular flexibility index (Phi) is 4.61. The number of nitrogens with one attached hydrogen (secondary N) is 1. The van der Waals surface area contributed by atoms with Gasteiger partial charge in [0.2, 0.25) is 0 Å². The van der Waals surface area contributed by atoms with Crippen molar-refractivity contribution < 1.29 is 9.18 Å². The summed E-state index contributed by atoms with van der Waals surface area (Å²) in [4.78, 5) is 12.6. The van der Waals surface area contributed by atoms with E-state index in [9.17, 15) is 9.18 Å². The molecule has 1 heterocycles. The topological polar surface area (TPSA) is 59.8 Å². The molecule has 3 aromatic rings. The molecule has 1 aromatic heterocycles. The summed E-state index contributed by atoms with van der Waals surface area (Å²) in [5.41, 5.74) is 3.26. The van der Waals surface area contributed by atoms with Gasteiger partial charge < -0.3 is 5.32 Å². The molecule has 6 heteroatoms. The summed E-state index contributed by atoms with van der Waals surface area (Å²) in [5.74, 6) is -0.790. The Balaban J connectivity index is 1.98. The van der Waals surface area contributed by atoms with Gasteiger partial charge in [0.15, 0.2) is 5.69 Å². The lowest BCUT2D eigenvalue weighted by atomic mass is 10.1. The molecule has 0 atom stereocenters. The Bertz CT molecular complexity index is 917. The molecule has 0 unspecified atom stereocenters. The Labute approximate surface area is 145 Å². The second-order valence-electron chi connectivity index (χ2n) is 6.19. The maximum Gasteiger partial charge on any atom is 0.278 e. The minimum atomic E-state index is -0.412. The lowest BCUT2D eigenvalue weighted by Gasteiger charge is -2.11. The molecule has 3 rings (SSSR count). The first kappa shape index (κ1) is 16.8. The molecular formula is C19H19FN4O. The maximum atomic E-state index is 13.3. The van der Waals surface area contributed by atoms with Crippen molar-refractivity contribution in [1.29, 1.82) is 0 Å². The molecule has 0 aliphatic heterocycles. The number of aryl methyl sites for hydroxylation is 1. The zero-order valence-corrected chi connectivity index (χ0v) is 14.3. The molecule has 0 fully saturated rings. The van der Waals surface area contributed by atoms with Crippen molar-refractivity contribution in [2.24, 2.45) is 0 Å². The van der Waals surface area contributed by atoms with Crippen LogP contribution in [0, 0.1) is 12.7 Å². The van der Waals surface area contributed by atoms with E-state index >= 15 is 0 Å². The van der Waals surface area contributed by atoms with Crippen molar-refractivity contribution >= 4 is 11.6 Å². The number of amides is 1. The molecule has 1 N–H and O–H groups in total. The molecule has 0 aliphatic rings. The van der Waals surface area contributed by atoms with Crippen molar-refractivity contribution in [2.75, 3.05) is 5.32 Å². The van der Waals surface area contributed by atoms with Crippen LogP contribution in [0.15, 0.2) is 48.5 Å². The summed E-state index contributed by atoms with van der Waals surface area (Å²) >= 11 is 0. The number of carbonyl (C=O) groups excluding carboxylic acids is 1. The lowest BCUT2D eigenvalue weighted by molar-refractivity contribution is 0.102. The van der Waals surface area contributed by atoms with Gasteiger partial charge in [-0.25, -0.2) is 9.07 Å². The number of aromatic nitrogens is 3. The van der Waals surface area contributed by atoms with Gasteiger partial charge in [0.1, 0.15) is 5.82 Å². The van der Waals surface area contributed by atoms with E-state index in [1.54, 1.807) is 10.7 Å². The molecule has 0 radical (unpaired) electrons. The van der Waals surface area contributed by atoms with Crippen molar-refractivity contribution in [3.63, 3.8) is 0 Å². The third-order valence-corrected chi connectivity index (χ3v) is 3.80. The number of anilines is 1. The predicted molar refractivity (Wildman–Crippen MR) is 94.5 cm³/mol. The molecule has 128 valence electrons. The fraction of sp³-hybridized carbons (Fsp3) is 0.211. The molecule has 0 bridgehead atoms. The third-order valence-electron chi connectivity index (χ3n) is 3.80. The average molecular weight is 338 g/mol. The fourth-order valence-electron chi connectivity index (χ4n) is 2.68. The average Bonchev–Trinajstić information content (AvgIpc) is 3.00. The lowest BCUT2D eigenvalue weighted by Crippen LogP contribution is -2.16. The largest absolute Gasteiger partial charge is 0.320 e. The number of carbonyl (C=O) groups is 1. The summed E-state index contributed by atoms with van der Waals surface area (Å²) in [6, 6.07) is 13.6. The van der Waals surface area contributed by atoms with Crippen LogP contribution in [-0.4, -0.2) is 20.9 Å². The fourth-order valence-corrected chi connectivity index (χ4v) is 2.68. The highest BCUT2D eigenvalue weighted by atomic mass is 19.1. The number of rotatable bonds is 4. The van der Waals surface area contributed by atoms with Crippen LogP contribution >= 0.6 is 0 Å². The molecule has 25 heavy (non-hydrogen) atoms. The molecular weight excluding hydrogens is 319 g/mol. The summed E-state index contributed by atoms with van der Waals surface area (Å²) in [6.45, 7) is 5.95. The second-order valence-corrected chi connectivity index (χ2v) is 6.19. The van der Waals surface area contributed by atoms with Gasteiger partial charge >= 0.3 is 0 Å². The monoisotopic (exact) mass is 338 g/mol. The molecule has 2 aromatic carbocycles. The smallest absolute Gasteiger partial charge is 0.278 e. The number of halogens is 1. The van der Waals surface area contributed by atoms with Crippen LogP contribution in [0.5, 0.6) is 0 Å². The van der Waals surface area contributed by atoms with Crippen LogP contribution in [-0.2, 0) is 0 Å². The van der Waals surface area contributed by atoms with Gasteiger partial charge in [-0.3, -0.25) is 4.79 Å². The number of nitrogens with zero attached hydrogens (tertiary/aromatic N) is 3. The minimum Gasteiger partial charge on any atom is -0.320 e. The van der Waals surface area contributed by atoms with E-state index in [0.717, 1.165) is 11.3 Å². The minimum absolute atomic E-state index is 0.0313. The van der Waals surface area contributed by atoms with Gasteiger partial charge in [-0.1, -0.05) is 37.3 Å². The Morgan fingerprint density at radius 2 is 1.92 bits per heavy atom. The normalized spacial score (nSPS) is 10.9. The molecule has 1 amide bonds. The zero-order valence-electron chi connectivity index (χ0n) is 14.3. The second kappa shape index (κ2) is 6.84. The number of benzene rings is 2. The van der Waals surface area contributed by atoms with E-state index in [2.05, 4.69) is 15.6 Å². The Morgan fingerprint density at radius 1 is 1.16 bits per heavy atom.